The number of carbonyl (C=O) groups is 1. The molecular formula is C15H18O4S. The molecule has 5 heteroatoms. The molecular weight excluding hydrogens is 276 g/mol. The Labute approximate surface area is 119 Å². The minimum Gasteiger partial charge on any atom is -0.460 e. The fraction of sp³-hybridized carbons (Fsp3) is 0.400. The van der Waals surface area contributed by atoms with Gasteiger partial charge in [-0.25, -0.2) is 8.42 Å². The van der Waals surface area contributed by atoms with Gasteiger partial charge in [-0.15, -0.1) is 0 Å². The summed E-state index contributed by atoms with van der Waals surface area (Å²) in [6.45, 7) is 3.91. The molecule has 4 nitrogen and oxygen atoms in total. The highest BCUT2D eigenvalue weighted by Crippen LogP contribution is 2.23. The van der Waals surface area contributed by atoms with Crippen molar-refractivity contribution < 1.29 is 17.9 Å². The maximum absolute atomic E-state index is 12.5. The summed E-state index contributed by atoms with van der Waals surface area (Å²) < 4.78 is 30.1. The molecule has 1 unspecified atom stereocenters. The number of hydrogen-bond acceptors (Lipinski definition) is 4. The highest BCUT2D eigenvalue weighted by molar-refractivity contribution is 7.92. The second kappa shape index (κ2) is 5.79. The van der Waals surface area contributed by atoms with E-state index in [1.54, 1.807) is 12.1 Å². The average Bonchev–Trinajstić information content (AvgIpc) is 2.39. The lowest BCUT2D eigenvalue weighted by Gasteiger charge is -2.18. The van der Waals surface area contributed by atoms with Crippen molar-refractivity contribution in [2.45, 2.75) is 36.8 Å². The lowest BCUT2D eigenvalue weighted by Crippen LogP contribution is -2.33. The van der Waals surface area contributed by atoms with Gasteiger partial charge in [0.2, 0.25) is 0 Å². The van der Waals surface area contributed by atoms with E-state index in [9.17, 15) is 13.2 Å². The second-order valence-corrected chi connectivity index (χ2v) is 7.21. The van der Waals surface area contributed by atoms with Gasteiger partial charge in [0.15, 0.2) is 15.1 Å². The molecule has 0 N–H and O–H groups in total. The summed E-state index contributed by atoms with van der Waals surface area (Å²) in [5.41, 5.74) is 1.92. The van der Waals surface area contributed by atoms with Crippen molar-refractivity contribution in [2.24, 2.45) is 0 Å². The summed E-state index contributed by atoms with van der Waals surface area (Å²) in [5, 5.41) is -1.12. The Bertz CT molecular complexity index is 626. The van der Waals surface area contributed by atoms with E-state index in [1.807, 2.05) is 19.9 Å². The molecule has 0 radical (unpaired) electrons. The molecule has 1 aromatic rings. The van der Waals surface area contributed by atoms with E-state index < -0.39 is 21.1 Å². The third kappa shape index (κ3) is 3.10. The van der Waals surface area contributed by atoms with E-state index >= 15 is 0 Å². The Morgan fingerprint density at radius 1 is 1.15 bits per heavy atom. The Kier molecular flexibility index (Phi) is 4.28. The number of hydrogen-bond donors (Lipinski definition) is 0. The van der Waals surface area contributed by atoms with Crippen LogP contribution in [0.3, 0.4) is 0 Å². The van der Waals surface area contributed by atoms with E-state index in [0.717, 1.165) is 11.1 Å². The van der Waals surface area contributed by atoms with Gasteiger partial charge in [0.25, 0.3) is 0 Å². The Hall–Kier alpha value is -1.62. The molecule has 2 rings (SSSR count). The molecule has 108 valence electrons. The summed E-state index contributed by atoms with van der Waals surface area (Å²) in [4.78, 5) is 12.1. The zero-order valence-electron chi connectivity index (χ0n) is 11.6. The Balaban J connectivity index is 2.32. The van der Waals surface area contributed by atoms with E-state index in [-0.39, 0.29) is 17.9 Å². The maximum Gasteiger partial charge on any atom is 0.325 e. The van der Waals surface area contributed by atoms with Crippen LogP contribution in [0.2, 0.25) is 0 Å². The van der Waals surface area contributed by atoms with Gasteiger partial charge in [-0.3, -0.25) is 4.79 Å². The molecule has 1 aliphatic heterocycles. The van der Waals surface area contributed by atoms with Crippen LogP contribution in [0.25, 0.3) is 0 Å². The van der Waals surface area contributed by atoms with Crippen molar-refractivity contribution >= 4 is 15.8 Å². The van der Waals surface area contributed by atoms with Crippen LogP contribution in [0.5, 0.6) is 0 Å². The van der Waals surface area contributed by atoms with Gasteiger partial charge in [-0.2, -0.15) is 0 Å². The molecule has 1 aliphatic rings. The molecule has 0 aliphatic carbocycles. The Morgan fingerprint density at radius 3 is 2.45 bits per heavy atom. The zero-order valence-corrected chi connectivity index (χ0v) is 12.4. The van der Waals surface area contributed by atoms with E-state index in [4.69, 9.17) is 4.74 Å². The quantitative estimate of drug-likeness (QED) is 0.621. The van der Waals surface area contributed by atoms with Crippen LogP contribution in [-0.2, 0) is 19.4 Å². The number of carbonyl (C=O) groups excluding carboxylic acids is 1. The van der Waals surface area contributed by atoms with E-state index in [2.05, 4.69) is 0 Å². The van der Waals surface area contributed by atoms with Crippen LogP contribution in [0.4, 0.5) is 0 Å². The number of aryl methyl sites for hydroxylation is 1. The number of rotatable bonds is 2. The number of benzene rings is 1. The molecule has 1 atom stereocenters. The van der Waals surface area contributed by atoms with Gasteiger partial charge < -0.3 is 4.74 Å². The van der Waals surface area contributed by atoms with Crippen LogP contribution in [0.15, 0.2) is 40.8 Å². The van der Waals surface area contributed by atoms with Crippen molar-refractivity contribution in [2.75, 3.05) is 6.61 Å². The fourth-order valence-corrected chi connectivity index (χ4v) is 3.72. The number of sulfone groups is 1. The SMILES string of the molecule is C/C1=C/CCC(S(=O)(=O)c2ccc(C)cc2)C(=O)OC1. The molecule has 0 bridgehead atoms. The molecule has 1 aromatic carbocycles. The number of esters is 1. The second-order valence-electron chi connectivity index (χ2n) is 5.08. The third-order valence-electron chi connectivity index (χ3n) is 3.35. The van der Waals surface area contributed by atoms with Crippen molar-refractivity contribution in [3.63, 3.8) is 0 Å². The monoisotopic (exact) mass is 294 g/mol. The molecule has 0 amide bonds. The highest BCUT2D eigenvalue weighted by atomic mass is 32.2. The predicted molar refractivity (Wildman–Crippen MR) is 76.1 cm³/mol. The molecule has 0 fully saturated rings. The van der Waals surface area contributed by atoms with E-state index in [0.29, 0.717) is 6.42 Å². The van der Waals surface area contributed by atoms with Crippen molar-refractivity contribution in [3.8, 4) is 0 Å². The van der Waals surface area contributed by atoms with Crippen LogP contribution >= 0.6 is 0 Å². The summed E-state index contributed by atoms with van der Waals surface area (Å²) in [6, 6.07) is 6.53. The molecule has 0 saturated carbocycles. The minimum atomic E-state index is -3.69. The largest absolute Gasteiger partial charge is 0.460 e. The van der Waals surface area contributed by atoms with Gasteiger partial charge in [-0.05, 0) is 44.4 Å². The highest BCUT2D eigenvalue weighted by Gasteiger charge is 2.35. The normalized spacial score (nSPS) is 23.2. The summed E-state index contributed by atoms with van der Waals surface area (Å²) >= 11 is 0. The molecule has 1 heterocycles. The van der Waals surface area contributed by atoms with Crippen LogP contribution in [0, 0.1) is 6.92 Å². The standard InChI is InChI=1S/C15H18O4S/c1-11-6-8-13(9-7-11)20(17,18)14-5-3-4-12(2)10-19-15(14)16/h4,6-9,14H,3,5,10H2,1-2H3/b12-4-. The molecule has 0 aromatic heterocycles. The maximum atomic E-state index is 12.5. The zero-order chi connectivity index (χ0) is 14.8. The first-order valence-corrected chi connectivity index (χ1v) is 8.09. The fourth-order valence-electron chi connectivity index (χ4n) is 2.11. The summed E-state index contributed by atoms with van der Waals surface area (Å²) in [5.74, 6) is -0.655. The molecule has 0 spiro atoms. The number of ether oxygens (including phenoxy) is 1. The van der Waals surface area contributed by atoms with Crippen LogP contribution < -0.4 is 0 Å². The van der Waals surface area contributed by atoms with Gasteiger partial charge in [0.1, 0.15) is 6.61 Å². The first-order chi connectivity index (χ1) is 9.41. The van der Waals surface area contributed by atoms with Gasteiger partial charge in [0, 0.05) is 0 Å². The lowest BCUT2D eigenvalue weighted by atomic mass is 10.1. The van der Waals surface area contributed by atoms with Gasteiger partial charge in [-0.1, -0.05) is 23.8 Å². The number of cyclic esters (lactones) is 1. The van der Waals surface area contributed by atoms with Gasteiger partial charge in [0.05, 0.1) is 4.90 Å². The summed E-state index contributed by atoms with van der Waals surface area (Å²) in [7, 11) is -3.69. The Morgan fingerprint density at radius 2 is 1.80 bits per heavy atom. The van der Waals surface area contributed by atoms with Gasteiger partial charge >= 0.3 is 5.97 Å². The smallest absolute Gasteiger partial charge is 0.325 e. The van der Waals surface area contributed by atoms with E-state index in [1.165, 1.54) is 12.1 Å². The van der Waals surface area contributed by atoms with Crippen LogP contribution in [0.1, 0.15) is 25.3 Å². The topological polar surface area (TPSA) is 60.4 Å². The first kappa shape index (κ1) is 14.8. The predicted octanol–water partition coefficient (Wildman–Crippen LogP) is 2.42. The minimum absolute atomic E-state index is 0.165. The number of allylic oxidation sites excluding steroid dienone is 1. The van der Waals surface area contributed by atoms with Crippen molar-refractivity contribution in [3.05, 3.63) is 41.5 Å². The first-order valence-electron chi connectivity index (χ1n) is 6.54. The van der Waals surface area contributed by atoms with Crippen molar-refractivity contribution in [1.82, 2.24) is 0 Å². The lowest BCUT2D eigenvalue weighted by molar-refractivity contribution is -0.142. The summed E-state index contributed by atoms with van der Waals surface area (Å²) in [6.07, 6.45) is 2.74. The van der Waals surface area contributed by atoms with Crippen molar-refractivity contribution in [1.29, 1.82) is 0 Å². The third-order valence-corrected chi connectivity index (χ3v) is 5.46. The molecule has 0 saturated heterocycles. The average molecular weight is 294 g/mol. The van der Waals surface area contributed by atoms with Crippen LogP contribution in [-0.4, -0.2) is 26.2 Å². The molecule has 20 heavy (non-hydrogen) atoms.